The van der Waals surface area contributed by atoms with E-state index in [2.05, 4.69) is 0 Å². The summed E-state index contributed by atoms with van der Waals surface area (Å²) < 4.78 is 34.5. The Morgan fingerprint density at radius 2 is 0.714 bits per heavy atom. The van der Waals surface area contributed by atoms with Crippen LogP contribution in [0.1, 0.15) is 0 Å². The van der Waals surface area contributed by atoms with Gasteiger partial charge in [0.25, 0.3) is 0 Å². The van der Waals surface area contributed by atoms with Crippen molar-refractivity contribution >= 4 is 0 Å². The Morgan fingerprint density at radius 1 is 0.714 bits per heavy atom. The molecule has 0 aromatic rings. The molecule has 0 N–H and O–H groups in total. The molecule has 0 amide bonds. The number of hydrogen-bond donors (Lipinski definition) is 0. The van der Waals surface area contributed by atoms with Crippen LogP contribution in [0.4, 0.5) is 0 Å². The van der Waals surface area contributed by atoms with E-state index < -0.39 is 18.1 Å². The molecule has 0 atom stereocenters. The van der Waals surface area contributed by atoms with Crippen molar-refractivity contribution in [2.75, 3.05) is 0 Å². The van der Waals surface area contributed by atoms with Gasteiger partial charge in [0.05, 0.1) is 0 Å². The first-order valence-electron chi connectivity index (χ1n) is 0.816. The summed E-state index contributed by atoms with van der Waals surface area (Å²) in [5.41, 5.74) is 0. The van der Waals surface area contributed by atoms with Crippen LogP contribution in [0.25, 0.3) is 0 Å². The minimum atomic E-state index is -6.00. The van der Waals surface area contributed by atoms with E-state index in [1.807, 2.05) is 0 Å². The minimum absolute atomic E-state index is 0. The van der Waals surface area contributed by atoms with E-state index in [9.17, 15) is 0 Å². The quantitative estimate of drug-likeness (QED) is 0.386. The molecule has 0 unspecified atom stereocenters. The van der Waals surface area contributed by atoms with E-state index in [0.717, 1.165) is 0 Å². The maximum atomic E-state index is 8.62. The molecule has 44 valence electrons. The van der Waals surface area contributed by atoms with Crippen LogP contribution in [0.2, 0.25) is 0 Å². The van der Waals surface area contributed by atoms with Gasteiger partial charge in [0.15, 0.2) is 0 Å². The monoisotopic (exact) mass is 224 g/mol. The zero-order valence-corrected chi connectivity index (χ0v) is 6.61. The predicted octanol–water partition coefficient (Wildman–Crippen LogP) is -4.76. The van der Waals surface area contributed by atoms with Gasteiger partial charge in [0.2, 0.25) is 0 Å². The molecule has 0 radical (unpaired) electrons. The van der Waals surface area contributed by atoms with Crippen molar-refractivity contribution in [3.63, 3.8) is 0 Å². The molecule has 7 heteroatoms. The summed E-state index contributed by atoms with van der Waals surface area (Å²) in [4.78, 5) is 0. The SMILES string of the molecule is [Fe+2].[Fe+2].[O-][Ti]([O-])([O-])[O-]. The van der Waals surface area contributed by atoms with Crippen molar-refractivity contribution < 1.29 is 67.0 Å². The molecule has 0 rings (SSSR count). The topological polar surface area (TPSA) is 92.2 Å². The van der Waals surface area contributed by atoms with Gasteiger partial charge < -0.3 is 0 Å². The Labute approximate surface area is 66.8 Å². The van der Waals surface area contributed by atoms with Crippen molar-refractivity contribution in [2.24, 2.45) is 0 Å². The van der Waals surface area contributed by atoms with Gasteiger partial charge in [0, 0.05) is 0 Å². The standard InChI is InChI=1S/2Fe.4O.Ti/q2*+2;4*-1;. The Bertz CT molecular complexity index is 25.2. The summed E-state index contributed by atoms with van der Waals surface area (Å²) in [5.74, 6) is 0. The van der Waals surface area contributed by atoms with Crippen LogP contribution in [0.15, 0.2) is 0 Å². The van der Waals surface area contributed by atoms with Crippen LogP contribution in [0.5, 0.6) is 0 Å². The third-order valence-corrected chi connectivity index (χ3v) is 0. The van der Waals surface area contributed by atoms with Gasteiger partial charge in [-0.25, -0.2) is 0 Å². The average Bonchev–Trinajstić information content (AvgIpc) is 0.722. The molecule has 0 fully saturated rings. The molecule has 4 nitrogen and oxygen atoms in total. The molecule has 7 heavy (non-hydrogen) atoms. The van der Waals surface area contributed by atoms with Crippen LogP contribution >= 0.6 is 0 Å². The molecule has 0 aliphatic heterocycles. The van der Waals surface area contributed by atoms with E-state index in [1.165, 1.54) is 0 Å². The van der Waals surface area contributed by atoms with Gasteiger partial charge in [-0.3, -0.25) is 0 Å². The molecule has 0 aromatic carbocycles. The van der Waals surface area contributed by atoms with Gasteiger partial charge in [0.1, 0.15) is 0 Å². The molecule has 0 bridgehead atoms. The van der Waals surface area contributed by atoms with Crippen molar-refractivity contribution in [1.82, 2.24) is 0 Å². The first-order chi connectivity index (χ1) is 2.00. The van der Waals surface area contributed by atoms with Crippen LogP contribution in [-0.4, -0.2) is 0 Å². The normalized spacial score (nSPS) is 8.57. The van der Waals surface area contributed by atoms with Gasteiger partial charge in [-0.2, -0.15) is 0 Å². The van der Waals surface area contributed by atoms with Crippen LogP contribution < -0.4 is 14.8 Å². The fraction of sp³-hybridized carbons (Fsp3) is 0. The molecule has 0 spiro atoms. The molecular formula is Fe2O4Ti. The van der Waals surface area contributed by atoms with Crippen molar-refractivity contribution in [2.45, 2.75) is 0 Å². The van der Waals surface area contributed by atoms with E-state index in [0.29, 0.717) is 0 Å². The van der Waals surface area contributed by atoms with E-state index >= 15 is 0 Å². The third kappa shape index (κ3) is 93.6. The Hall–Kier alpha value is 1.59. The van der Waals surface area contributed by atoms with Crippen molar-refractivity contribution in [1.29, 1.82) is 0 Å². The first-order valence-corrected chi connectivity index (χ1v) is 3.37. The van der Waals surface area contributed by atoms with Crippen molar-refractivity contribution in [3.05, 3.63) is 0 Å². The van der Waals surface area contributed by atoms with E-state index in [1.54, 1.807) is 0 Å². The van der Waals surface area contributed by atoms with Gasteiger partial charge in [-0.1, -0.05) is 0 Å². The van der Waals surface area contributed by atoms with Gasteiger partial charge in [-0.15, -0.1) is 0 Å². The maximum absolute atomic E-state index is 8.62. The Morgan fingerprint density at radius 3 is 0.714 bits per heavy atom. The molecule has 0 saturated carbocycles. The van der Waals surface area contributed by atoms with Gasteiger partial charge in [-0.05, 0) is 0 Å². The summed E-state index contributed by atoms with van der Waals surface area (Å²) in [6, 6.07) is 0. The van der Waals surface area contributed by atoms with Gasteiger partial charge >= 0.3 is 67.0 Å². The predicted molar refractivity (Wildman–Crippen MR) is 0 cm³/mol. The zero-order valence-electron chi connectivity index (χ0n) is 2.84. The molecular weight excluding hydrogens is 224 g/mol. The summed E-state index contributed by atoms with van der Waals surface area (Å²) in [7, 11) is 0. The fourth-order valence-electron chi connectivity index (χ4n) is 0. The number of hydrogen-bond acceptors (Lipinski definition) is 4. The average molecular weight is 224 g/mol. The summed E-state index contributed by atoms with van der Waals surface area (Å²) in [5, 5.41) is 0. The summed E-state index contributed by atoms with van der Waals surface area (Å²) in [6.07, 6.45) is 0. The second-order valence-corrected chi connectivity index (χ2v) is 2.06. The molecule has 0 aliphatic carbocycles. The van der Waals surface area contributed by atoms with E-state index in [-0.39, 0.29) is 34.1 Å². The molecule has 0 saturated heterocycles. The third-order valence-electron chi connectivity index (χ3n) is 0. The Kier molecular flexibility index (Phi) is 13.0. The fourth-order valence-corrected chi connectivity index (χ4v) is 0. The second-order valence-electron chi connectivity index (χ2n) is 0.500. The van der Waals surface area contributed by atoms with E-state index in [4.69, 9.17) is 14.8 Å². The second kappa shape index (κ2) is 5.72. The van der Waals surface area contributed by atoms with Crippen LogP contribution in [0, 0.1) is 0 Å². The summed E-state index contributed by atoms with van der Waals surface area (Å²) in [6.45, 7) is 0. The first kappa shape index (κ1) is 15.8. The Balaban J connectivity index is -0.0000000800. The molecule has 0 heterocycles. The van der Waals surface area contributed by atoms with Crippen LogP contribution in [0.3, 0.4) is 0 Å². The van der Waals surface area contributed by atoms with Crippen molar-refractivity contribution in [3.8, 4) is 0 Å². The van der Waals surface area contributed by atoms with Crippen LogP contribution in [-0.2, 0) is 52.3 Å². The summed E-state index contributed by atoms with van der Waals surface area (Å²) >= 11 is -6.00. The zero-order chi connectivity index (χ0) is 4.50. The number of rotatable bonds is 0. The molecule has 0 aromatic heterocycles. The molecule has 0 aliphatic rings.